The fourth-order valence-corrected chi connectivity index (χ4v) is 7.44. The number of fused-ring (bicyclic) bond motifs is 1. The van der Waals surface area contributed by atoms with Crippen LogP contribution in [0, 0.1) is 0 Å². The minimum absolute atomic E-state index is 0.0457. The fraction of sp³-hybridized carbons (Fsp3) is 0.318. The highest BCUT2D eigenvalue weighted by atomic mass is 32.2. The maximum Gasteiger partial charge on any atom is 0.352 e. The molecule has 5 rings (SSSR count). The van der Waals surface area contributed by atoms with Crippen molar-refractivity contribution in [2.24, 2.45) is 7.05 Å². The molecule has 3 aromatic rings. The van der Waals surface area contributed by atoms with Crippen molar-refractivity contribution in [3.8, 4) is 5.88 Å². The predicted octanol–water partition coefficient (Wildman–Crippen LogP) is 0.0133. The molecule has 2 amide bonds. The Balaban J connectivity index is 1.26. The number of carboxylic acid groups (broad SMARTS) is 1. The number of carbonyl (C=O) groups is 3. The van der Waals surface area contributed by atoms with Gasteiger partial charge in [0.2, 0.25) is 11.1 Å². The van der Waals surface area contributed by atoms with Crippen LogP contribution in [-0.2, 0) is 42.7 Å². The molecule has 0 bridgehead atoms. The molecule has 0 unspecified atom stereocenters. The third-order valence-electron chi connectivity index (χ3n) is 6.02. The number of hydrogen-bond donors (Lipinski definition) is 2. The van der Waals surface area contributed by atoms with E-state index in [0.717, 1.165) is 11.0 Å². The van der Waals surface area contributed by atoms with E-state index in [4.69, 9.17) is 13.4 Å². The number of amides is 2. The highest BCUT2D eigenvalue weighted by molar-refractivity contribution is 8.01. The second-order valence-electron chi connectivity index (χ2n) is 8.62. The van der Waals surface area contributed by atoms with Gasteiger partial charge in [-0.15, -0.1) is 16.9 Å². The summed E-state index contributed by atoms with van der Waals surface area (Å²) >= 11 is 2.45. The summed E-state index contributed by atoms with van der Waals surface area (Å²) in [5, 5.41) is 26.7. The minimum atomic E-state index is -4.17. The molecule has 19 heteroatoms. The Labute approximate surface area is 240 Å². The summed E-state index contributed by atoms with van der Waals surface area (Å²) in [5.41, 5.74) is -1.54. The van der Waals surface area contributed by atoms with Crippen LogP contribution in [0.15, 0.2) is 62.2 Å². The minimum Gasteiger partial charge on any atom is -0.477 e. The van der Waals surface area contributed by atoms with Crippen LogP contribution in [0.2, 0.25) is 0 Å². The summed E-state index contributed by atoms with van der Waals surface area (Å²) in [6.45, 7) is 0. The van der Waals surface area contributed by atoms with Crippen molar-refractivity contribution in [1.29, 1.82) is 0 Å². The summed E-state index contributed by atoms with van der Waals surface area (Å²) in [6, 6.07) is 8.52. The van der Waals surface area contributed by atoms with Crippen molar-refractivity contribution < 1.29 is 41.4 Å². The molecule has 2 aromatic heterocycles. The lowest BCUT2D eigenvalue weighted by Crippen LogP contribution is -2.80. The highest BCUT2D eigenvalue weighted by Gasteiger charge is 2.66. The van der Waals surface area contributed by atoms with E-state index in [1.165, 1.54) is 59.6 Å². The van der Waals surface area contributed by atoms with Crippen LogP contribution in [0.1, 0.15) is 5.76 Å². The third-order valence-corrected chi connectivity index (χ3v) is 9.73. The number of benzene rings is 1. The summed E-state index contributed by atoms with van der Waals surface area (Å²) in [7, 11) is -1.30. The lowest BCUT2D eigenvalue weighted by molar-refractivity contribution is -0.192. The topological polar surface area (TPSA) is 209 Å². The molecule has 16 nitrogen and oxygen atoms in total. The van der Waals surface area contributed by atoms with Gasteiger partial charge in [-0.1, -0.05) is 30.0 Å². The molecule has 0 spiro atoms. The number of carboxylic acids is 1. The van der Waals surface area contributed by atoms with Crippen LogP contribution >= 0.6 is 23.5 Å². The fourth-order valence-electron chi connectivity index (χ4n) is 4.12. The van der Waals surface area contributed by atoms with Crippen LogP contribution < -0.4 is 9.50 Å². The Morgan fingerprint density at radius 2 is 2.07 bits per heavy atom. The molecule has 2 aliphatic rings. The summed E-state index contributed by atoms with van der Waals surface area (Å²) in [4.78, 5) is 39.3. The Morgan fingerprint density at radius 3 is 2.73 bits per heavy atom. The summed E-state index contributed by atoms with van der Waals surface area (Å²) in [5.74, 6) is -2.74. The van der Waals surface area contributed by atoms with Crippen LogP contribution in [-0.4, -0.2) is 91.3 Å². The van der Waals surface area contributed by atoms with Crippen LogP contribution in [0.3, 0.4) is 0 Å². The number of carbonyl (C=O) groups excluding carboxylic acids is 2. The van der Waals surface area contributed by atoms with Crippen molar-refractivity contribution in [3.05, 3.63) is 53.4 Å². The predicted molar refractivity (Wildman–Crippen MR) is 140 cm³/mol. The van der Waals surface area contributed by atoms with Gasteiger partial charge < -0.3 is 23.9 Å². The largest absolute Gasteiger partial charge is 0.477 e. The normalized spacial score (nSPS) is 20.4. The Hall–Kier alpha value is -3.94. The zero-order chi connectivity index (χ0) is 29.4. The smallest absolute Gasteiger partial charge is 0.352 e. The number of aromatic nitrogens is 5. The van der Waals surface area contributed by atoms with Crippen molar-refractivity contribution in [1.82, 2.24) is 35.6 Å². The van der Waals surface area contributed by atoms with Crippen molar-refractivity contribution in [2.75, 3.05) is 18.6 Å². The maximum absolute atomic E-state index is 13.3. The van der Waals surface area contributed by atoms with Gasteiger partial charge in [0, 0.05) is 31.7 Å². The first-order valence-corrected chi connectivity index (χ1v) is 15.1. The van der Waals surface area contributed by atoms with E-state index in [2.05, 4.69) is 26.0 Å². The summed E-state index contributed by atoms with van der Waals surface area (Å²) < 4.78 is 41.6. The second kappa shape index (κ2) is 11.1. The van der Waals surface area contributed by atoms with Gasteiger partial charge in [-0.2, -0.15) is 8.42 Å². The quantitative estimate of drug-likeness (QED) is 0.125. The Bertz CT molecular complexity index is 1640. The average Bonchev–Trinajstić information content (AvgIpc) is 3.57. The molecule has 2 N–H and O–H groups in total. The number of aliphatic carboxylic acids is 1. The molecule has 4 heterocycles. The molecule has 0 aliphatic carbocycles. The SMILES string of the molecule is CO[C@@]1(NC(=O)Cc2cc(OS(=O)(=O)c3ccccc3)no2)C(=O)N2C(C(=O)O)=C(CSc3nnnn3C)CS[C@H]21. The molecule has 0 radical (unpaired) electrons. The highest BCUT2D eigenvalue weighted by Crippen LogP contribution is 2.47. The third kappa shape index (κ3) is 5.39. The Kier molecular flexibility index (Phi) is 7.77. The number of tetrazole rings is 1. The molecule has 0 saturated carbocycles. The number of rotatable bonds is 11. The zero-order valence-corrected chi connectivity index (χ0v) is 23.7. The van der Waals surface area contributed by atoms with Gasteiger partial charge in [0.15, 0.2) is 0 Å². The van der Waals surface area contributed by atoms with E-state index in [9.17, 15) is 27.9 Å². The van der Waals surface area contributed by atoms with Gasteiger partial charge in [-0.25, -0.2) is 9.48 Å². The first-order valence-electron chi connectivity index (χ1n) is 11.6. The van der Waals surface area contributed by atoms with E-state index in [1.54, 1.807) is 13.1 Å². The molecule has 1 aromatic carbocycles. The van der Waals surface area contributed by atoms with Crippen LogP contribution in [0.25, 0.3) is 0 Å². The monoisotopic (exact) mass is 623 g/mol. The van der Waals surface area contributed by atoms with Crippen molar-refractivity contribution in [3.63, 3.8) is 0 Å². The number of nitrogens with one attached hydrogen (secondary N) is 1. The van der Waals surface area contributed by atoms with E-state index < -0.39 is 45.4 Å². The first-order chi connectivity index (χ1) is 19.6. The van der Waals surface area contributed by atoms with Crippen LogP contribution in [0.4, 0.5) is 0 Å². The lowest BCUT2D eigenvalue weighted by Gasteiger charge is -2.55. The molecule has 2 aliphatic heterocycles. The molecule has 2 atom stereocenters. The molecular weight excluding hydrogens is 602 g/mol. The van der Waals surface area contributed by atoms with Gasteiger partial charge >= 0.3 is 16.1 Å². The number of ether oxygens (including phenoxy) is 1. The number of hydrogen-bond acceptors (Lipinski definition) is 14. The summed E-state index contributed by atoms with van der Waals surface area (Å²) in [6.07, 6.45) is -0.438. The standard InChI is InChI=1S/C22H21N7O9S3/c1-28-21(24-26-27-28)40-11-12-10-39-20-22(36-2,19(33)29(20)17(12)18(31)32)23-15(30)8-13-9-16(25-37-13)38-41(34,35)14-6-4-3-5-7-14/h3-7,9,20H,8,10-11H2,1-2H3,(H,23,30)(H,31,32)/t20-,22-/m0/s1. The molecule has 41 heavy (non-hydrogen) atoms. The second-order valence-corrected chi connectivity index (χ2v) is 12.2. The lowest BCUT2D eigenvalue weighted by atomic mass is 9.98. The van der Waals surface area contributed by atoms with Crippen molar-refractivity contribution >= 4 is 51.4 Å². The van der Waals surface area contributed by atoms with Gasteiger partial charge in [0.05, 0.1) is 6.42 Å². The van der Waals surface area contributed by atoms with E-state index >= 15 is 0 Å². The van der Waals surface area contributed by atoms with Gasteiger partial charge in [0.25, 0.3) is 17.5 Å². The number of nitrogens with zero attached hydrogens (tertiary/aromatic N) is 6. The molecular formula is C22H21N7O9S3. The maximum atomic E-state index is 13.3. The van der Waals surface area contributed by atoms with Gasteiger partial charge in [-0.05, 0) is 33.3 Å². The van der Waals surface area contributed by atoms with E-state index in [-0.39, 0.29) is 33.7 Å². The van der Waals surface area contributed by atoms with Gasteiger partial charge in [-0.3, -0.25) is 14.5 Å². The number of thioether (sulfide) groups is 2. The number of methoxy groups -OCH3 is 1. The first kappa shape index (κ1) is 28.6. The van der Waals surface area contributed by atoms with Crippen molar-refractivity contribution in [2.45, 2.75) is 27.6 Å². The number of β-lactam (4-membered cyclic amide) rings is 1. The zero-order valence-electron chi connectivity index (χ0n) is 21.3. The number of aryl methyl sites for hydroxylation is 1. The van der Waals surface area contributed by atoms with E-state index in [0.29, 0.717) is 10.7 Å². The average molecular weight is 624 g/mol. The van der Waals surface area contributed by atoms with E-state index in [1.807, 2.05) is 0 Å². The van der Waals surface area contributed by atoms with Gasteiger partial charge in [0.1, 0.15) is 21.7 Å². The molecule has 1 fully saturated rings. The molecule has 216 valence electrons. The van der Waals surface area contributed by atoms with Crippen LogP contribution in [0.5, 0.6) is 5.88 Å². The Morgan fingerprint density at radius 1 is 1.32 bits per heavy atom. The molecule has 1 saturated heterocycles.